The van der Waals surface area contributed by atoms with E-state index in [-0.39, 0.29) is 31.0 Å². The topological polar surface area (TPSA) is 81.4 Å². The third kappa shape index (κ3) is 3.54. The molecule has 5 nitrogen and oxygen atoms in total. The number of ether oxygens (including phenoxy) is 1. The van der Waals surface area contributed by atoms with E-state index in [1.165, 1.54) is 6.08 Å². The third-order valence-electron chi connectivity index (χ3n) is 1.47. The smallest absolute Gasteiger partial charge is 0.254 e. The lowest BCUT2D eigenvalue weighted by atomic mass is 10.2. The molecule has 0 fully saturated rings. The van der Waals surface area contributed by atoms with Gasteiger partial charge in [0.1, 0.15) is 0 Å². The van der Waals surface area contributed by atoms with E-state index in [0.29, 0.717) is 18.6 Å². The summed E-state index contributed by atoms with van der Waals surface area (Å²) in [5, 5.41) is 2.14. The zero-order chi connectivity index (χ0) is 8.97. The van der Waals surface area contributed by atoms with Gasteiger partial charge in [0.15, 0.2) is 0 Å². The number of nitrogens with two attached hydrogens (primary N) is 1. The van der Waals surface area contributed by atoms with Gasteiger partial charge in [-0.05, 0) is 0 Å². The molecule has 0 aromatic heterocycles. The van der Waals surface area contributed by atoms with E-state index >= 15 is 0 Å². The van der Waals surface area contributed by atoms with Crippen molar-refractivity contribution in [3.05, 3.63) is 11.6 Å². The first-order valence-corrected chi connectivity index (χ1v) is 3.57. The number of amides is 2. The summed E-state index contributed by atoms with van der Waals surface area (Å²) in [5.41, 5.74) is 5.52. The zero-order valence-corrected chi connectivity index (χ0v) is 7.73. The fourth-order valence-corrected chi connectivity index (χ4v) is 0.903. The molecule has 1 aliphatic rings. The van der Waals surface area contributed by atoms with Crippen molar-refractivity contribution in [3.63, 3.8) is 0 Å². The lowest BCUT2D eigenvalue weighted by Crippen LogP contribution is -2.22. The van der Waals surface area contributed by atoms with Crippen molar-refractivity contribution in [3.8, 4) is 0 Å². The van der Waals surface area contributed by atoms with Crippen molar-refractivity contribution in [2.24, 2.45) is 5.73 Å². The average molecular weight is 207 g/mol. The first kappa shape index (κ1) is 12.1. The van der Waals surface area contributed by atoms with Gasteiger partial charge >= 0.3 is 0 Å². The Balaban J connectivity index is 0.00000144. The minimum absolute atomic E-state index is 0. The van der Waals surface area contributed by atoms with Crippen LogP contribution in [0.4, 0.5) is 0 Å². The summed E-state index contributed by atoms with van der Waals surface area (Å²) in [5.74, 6) is -0.691. The van der Waals surface area contributed by atoms with E-state index < -0.39 is 0 Å². The maximum atomic E-state index is 10.9. The second-order valence-electron chi connectivity index (χ2n) is 2.31. The predicted octanol–water partition coefficient (Wildman–Crippen LogP) is -0.686. The molecule has 1 aliphatic heterocycles. The van der Waals surface area contributed by atoms with Crippen LogP contribution in [0.25, 0.3) is 0 Å². The number of halogens is 1. The first-order valence-electron chi connectivity index (χ1n) is 3.57. The summed E-state index contributed by atoms with van der Waals surface area (Å²) >= 11 is 0. The number of hydrogen-bond donors (Lipinski definition) is 2. The highest BCUT2D eigenvalue weighted by Crippen LogP contribution is 2.06. The molecule has 1 heterocycles. The minimum Gasteiger partial charge on any atom is -0.366 e. The van der Waals surface area contributed by atoms with E-state index in [2.05, 4.69) is 5.32 Å². The maximum absolute atomic E-state index is 10.9. The summed E-state index contributed by atoms with van der Waals surface area (Å²) in [4.78, 5) is 21.5. The second kappa shape index (κ2) is 5.69. The molecular formula is C7H11ClN2O3. The minimum atomic E-state index is -0.359. The maximum Gasteiger partial charge on any atom is 0.254 e. The Morgan fingerprint density at radius 3 is 2.62 bits per heavy atom. The van der Waals surface area contributed by atoms with Crippen molar-refractivity contribution in [1.29, 1.82) is 0 Å². The summed E-state index contributed by atoms with van der Waals surface area (Å²) < 4.78 is 4.82. The molecule has 0 saturated carbocycles. The fourth-order valence-electron chi connectivity index (χ4n) is 0.903. The van der Waals surface area contributed by atoms with Crippen molar-refractivity contribution in [2.75, 3.05) is 13.3 Å². The number of imide groups is 1. The Morgan fingerprint density at radius 2 is 2.15 bits per heavy atom. The van der Waals surface area contributed by atoms with E-state index in [0.717, 1.165) is 0 Å². The number of rotatable bonds is 4. The molecule has 1 rings (SSSR count). The van der Waals surface area contributed by atoms with Crippen LogP contribution in [0.5, 0.6) is 0 Å². The Labute approximate surface area is 81.7 Å². The van der Waals surface area contributed by atoms with E-state index in [1.54, 1.807) is 0 Å². The number of hydrogen-bond acceptors (Lipinski definition) is 4. The van der Waals surface area contributed by atoms with Crippen LogP contribution >= 0.6 is 12.4 Å². The monoisotopic (exact) mass is 206 g/mol. The SMILES string of the molecule is Cl.NCOCCC1=CC(=O)NC1=O. The van der Waals surface area contributed by atoms with Gasteiger partial charge in [0.2, 0.25) is 0 Å². The third-order valence-corrected chi connectivity index (χ3v) is 1.47. The Kier molecular flexibility index (Phi) is 5.29. The molecule has 0 aromatic rings. The van der Waals surface area contributed by atoms with Gasteiger partial charge in [-0.25, -0.2) is 0 Å². The van der Waals surface area contributed by atoms with Gasteiger partial charge in [-0.3, -0.25) is 14.9 Å². The van der Waals surface area contributed by atoms with Gasteiger partial charge in [0, 0.05) is 18.1 Å². The molecule has 13 heavy (non-hydrogen) atoms. The van der Waals surface area contributed by atoms with Crippen LogP contribution in [0.3, 0.4) is 0 Å². The number of carbonyl (C=O) groups is 2. The summed E-state index contributed by atoms with van der Waals surface area (Å²) in [7, 11) is 0. The fraction of sp³-hybridized carbons (Fsp3) is 0.429. The highest BCUT2D eigenvalue weighted by atomic mass is 35.5. The van der Waals surface area contributed by atoms with Crippen molar-refractivity contribution in [2.45, 2.75) is 6.42 Å². The lowest BCUT2D eigenvalue weighted by Gasteiger charge is -1.99. The van der Waals surface area contributed by atoms with Gasteiger partial charge in [-0.15, -0.1) is 12.4 Å². The highest BCUT2D eigenvalue weighted by molar-refractivity contribution is 6.16. The van der Waals surface area contributed by atoms with Gasteiger partial charge in [-0.1, -0.05) is 0 Å². The first-order chi connectivity index (χ1) is 5.74. The van der Waals surface area contributed by atoms with Gasteiger partial charge in [0.05, 0.1) is 13.3 Å². The zero-order valence-electron chi connectivity index (χ0n) is 6.91. The van der Waals surface area contributed by atoms with Crippen LogP contribution in [0.2, 0.25) is 0 Å². The Hall–Kier alpha value is -0.910. The molecule has 0 radical (unpaired) electrons. The van der Waals surface area contributed by atoms with Crippen molar-refractivity contribution < 1.29 is 14.3 Å². The van der Waals surface area contributed by atoms with Crippen molar-refractivity contribution >= 4 is 24.2 Å². The molecule has 0 unspecified atom stereocenters. The second-order valence-corrected chi connectivity index (χ2v) is 2.31. The van der Waals surface area contributed by atoms with Crippen LogP contribution in [0, 0.1) is 0 Å². The molecule has 0 aliphatic carbocycles. The molecular weight excluding hydrogens is 196 g/mol. The van der Waals surface area contributed by atoms with Crippen LogP contribution in [0.15, 0.2) is 11.6 Å². The Morgan fingerprint density at radius 1 is 1.46 bits per heavy atom. The highest BCUT2D eigenvalue weighted by Gasteiger charge is 2.19. The summed E-state index contributed by atoms with van der Waals surface area (Å²) in [6, 6.07) is 0. The lowest BCUT2D eigenvalue weighted by molar-refractivity contribution is -0.123. The van der Waals surface area contributed by atoms with Gasteiger partial charge < -0.3 is 10.5 Å². The molecule has 0 spiro atoms. The molecule has 0 aromatic carbocycles. The molecule has 3 N–H and O–H groups in total. The van der Waals surface area contributed by atoms with E-state index in [4.69, 9.17) is 10.5 Å². The van der Waals surface area contributed by atoms with E-state index in [1.807, 2.05) is 0 Å². The Bertz CT molecular complexity index is 240. The van der Waals surface area contributed by atoms with Gasteiger partial charge in [-0.2, -0.15) is 0 Å². The predicted molar refractivity (Wildman–Crippen MR) is 48.1 cm³/mol. The van der Waals surface area contributed by atoms with Crippen molar-refractivity contribution in [1.82, 2.24) is 5.32 Å². The molecule has 74 valence electrons. The average Bonchev–Trinajstić information content (AvgIpc) is 2.31. The van der Waals surface area contributed by atoms with Crippen LogP contribution in [-0.4, -0.2) is 25.2 Å². The molecule has 0 bridgehead atoms. The summed E-state index contributed by atoms with van der Waals surface area (Å²) in [6.07, 6.45) is 1.71. The van der Waals surface area contributed by atoms with Crippen LogP contribution in [-0.2, 0) is 14.3 Å². The quantitative estimate of drug-likeness (QED) is 0.363. The molecule has 0 saturated heterocycles. The van der Waals surface area contributed by atoms with Gasteiger partial charge in [0.25, 0.3) is 11.8 Å². The number of carbonyl (C=O) groups excluding carboxylic acids is 2. The van der Waals surface area contributed by atoms with E-state index in [9.17, 15) is 9.59 Å². The number of nitrogens with one attached hydrogen (secondary N) is 1. The van der Waals surface area contributed by atoms with Crippen LogP contribution in [0.1, 0.15) is 6.42 Å². The molecule has 2 amide bonds. The van der Waals surface area contributed by atoms with Crippen LogP contribution < -0.4 is 11.1 Å². The summed E-state index contributed by atoms with van der Waals surface area (Å²) in [6.45, 7) is 0.492. The normalized spacial score (nSPS) is 15.0. The standard InChI is InChI=1S/C7H10N2O3.ClH/c8-4-12-2-1-5-3-6(10)9-7(5)11;/h3H,1-2,4,8H2,(H,9,10,11);1H. The largest absolute Gasteiger partial charge is 0.366 e. The molecule has 0 atom stereocenters. The molecule has 6 heteroatoms.